The molecule has 0 radical (unpaired) electrons. The monoisotopic (exact) mass is 414 g/mol. The second-order valence-corrected chi connectivity index (χ2v) is 7.90. The fraction of sp³-hybridized carbons (Fsp3) is 0.476. The van der Waals surface area contributed by atoms with Crippen molar-refractivity contribution in [2.24, 2.45) is 5.92 Å². The zero-order valence-electron chi connectivity index (χ0n) is 16.8. The third-order valence-electron chi connectivity index (χ3n) is 5.86. The van der Waals surface area contributed by atoms with Gasteiger partial charge in [-0.05, 0) is 30.5 Å². The van der Waals surface area contributed by atoms with E-state index in [1.54, 1.807) is 23.4 Å². The Labute approximate surface area is 174 Å². The maximum absolute atomic E-state index is 13.2. The van der Waals surface area contributed by atoms with Crippen molar-refractivity contribution < 1.29 is 24.1 Å². The highest BCUT2D eigenvalue weighted by molar-refractivity contribution is 5.90. The summed E-state index contributed by atoms with van der Waals surface area (Å²) in [6.45, 7) is 3.40. The predicted molar refractivity (Wildman–Crippen MR) is 106 cm³/mol. The number of ether oxygens (including phenoxy) is 1. The minimum atomic E-state index is -0.759. The number of carbonyl (C=O) groups is 2. The number of rotatable bonds is 5. The molecule has 2 aromatic rings. The van der Waals surface area contributed by atoms with Crippen LogP contribution in [0.2, 0.25) is 0 Å². The summed E-state index contributed by atoms with van der Waals surface area (Å²) < 4.78 is 10.8. The summed E-state index contributed by atoms with van der Waals surface area (Å²) in [6.07, 6.45) is 0.783. The Balaban J connectivity index is 1.42. The fourth-order valence-corrected chi connectivity index (χ4v) is 4.32. The molecule has 2 saturated heterocycles. The topological polar surface area (TPSA) is 117 Å². The summed E-state index contributed by atoms with van der Waals surface area (Å²) in [6, 6.07) is 11.1. The summed E-state index contributed by atoms with van der Waals surface area (Å²) >= 11 is 0. The lowest BCUT2D eigenvalue weighted by molar-refractivity contribution is -0.144. The number of hydroxylamine groups is 1. The number of likely N-dealkylation sites (tertiary alicyclic amines) is 1. The Morgan fingerprint density at radius 3 is 2.83 bits per heavy atom. The Kier molecular flexibility index (Phi) is 6.01. The third kappa shape index (κ3) is 4.31. The number of aromatic nitrogens is 1. The van der Waals surface area contributed by atoms with Crippen molar-refractivity contribution in [2.45, 2.75) is 37.8 Å². The van der Waals surface area contributed by atoms with Crippen LogP contribution in [0.1, 0.15) is 30.1 Å². The molecule has 0 saturated carbocycles. The number of hydrogen-bond donors (Lipinski definition) is 3. The van der Waals surface area contributed by atoms with Crippen molar-refractivity contribution >= 4 is 11.8 Å². The van der Waals surface area contributed by atoms with Gasteiger partial charge in [0.2, 0.25) is 11.8 Å². The predicted octanol–water partition coefficient (Wildman–Crippen LogP) is 1.23. The third-order valence-corrected chi connectivity index (χ3v) is 5.86. The number of hydrogen-bond acceptors (Lipinski definition) is 7. The zero-order valence-corrected chi connectivity index (χ0v) is 16.8. The van der Waals surface area contributed by atoms with Crippen LogP contribution in [0.4, 0.5) is 0 Å². The second-order valence-electron chi connectivity index (χ2n) is 7.90. The number of carbonyl (C=O) groups excluding carboxylic acids is 2. The molecular weight excluding hydrogens is 388 g/mol. The molecule has 1 aromatic carbocycles. The summed E-state index contributed by atoms with van der Waals surface area (Å²) in [5.41, 5.74) is 2.91. The van der Waals surface area contributed by atoms with E-state index in [4.69, 9.17) is 9.26 Å². The minimum absolute atomic E-state index is 0.127. The first-order valence-electron chi connectivity index (χ1n) is 10.2. The summed E-state index contributed by atoms with van der Waals surface area (Å²) in [4.78, 5) is 27.3. The number of amides is 2. The molecule has 2 aliphatic heterocycles. The smallest absolute Gasteiger partial charge is 0.254 e. The van der Waals surface area contributed by atoms with Crippen LogP contribution in [0.5, 0.6) is 5.88 Å². The van der Waals surface area contributed by atoms with E-state index < -0.39 is 17.9 Å². The van der Waals surface area contributed by atoms with Gasteiger partial charge in [0.15, 0.2) is 0 Å². The van der Waals surface area contributed by atoms with Gasteiger partial charge in [-0.2, -0.15) is 0 Å². The van der Waals surface area contributed by atoms with Crippen molar-refractivity contribution in [1.29, 1.82) is 0 Å². The van der Waals surface area contributed by atoms with Gasteiger partial charge in [0.1, 0.15) is 11.9 Å². The van der Waals surface area contributed by atoms with Gasteiger partial charge in [0.05, 0.1) is 12.0 Å². The van der Waals surface area contributed by atoms with E-state index >= 15 is 0 Å². The molecular formula is C21H26N4O5. The van der Waals surface area contributed by atoms with E-state index in [2.05, 4.69) is 22.6 Å². The Morgan fingerprint density at radius 2 is 2.13 bits per heavy atom. The molecule has 9 nitrogen and oxygen atoms in total. The Morgan fingerprint density at radius 1 is 1.33 bits per heavy atom. The molecule has 1 aromatic heterocycles. The molecule has 30 heavy (non-hydrogen) atoms. The number of piperidine rings is 1. The minimum Gasteiger partial charge on any atom is -0.471 e. The van der Waals surface area contributed by atoms with Gasteiger partial charge in [0, 0.05) is 31.6 Å². The van der Waals surface area contributed by atoms with Gasteiger partial charge in [-0.25, -0.2) is 5.48 Å². The van der Waals surface area contributed by atoms with Crippen molar-refractivity contribution in [1.82, 2.24) is 20.9 Å². The highest BCUT2D eigenvalue weighted by atomic mass is 16.5. The first-order valence-corrected chi connectivity index (χ1v) is 10.2. The second kappa shape index (κ2) is 8.85. The SMILES string of the molecule is Cc1cc(OC2CNC(C(=O)N3CC[C@H](c4ccccc4)C3)C(C(=O)NO)C2)no1. The van der Waals surface area contributed by atoms with E-state index in [-0.39, 0.29) is 24.3 Å². The summed E-state index contributed by atoms with van der Waals surface area (Å²) in [7, 11) is 0. The maximum Gasteiger partial charge on any atom is 0.254 e. The van der Waals surface area contributed by atoms with Crippen LogP contribution < -0.4 is 15.5 Å². The van der Waals surface area contributed by atoms with Crippen LogP contribution in [0.15, 0.2) is 40.9 Å². The molecule has 3 N–H and O–H groups in total. The molecule has 160 valence electrons. The zero-order chi connectivity index (χ0) is 21.1. The van der Waals surface area contributed by atoms with Gasteiger partial charge in [-0.1, -0.05) is 30.3 Å². The summed E-state index contributed by atoms with van der Waals surface area (Å²) in [5, 5.41) is 16.2. The molecule has 0 aliphatic carbocycles. The molecule has 4 atom stereocenters. The molecule has 0 bridgehead atoms. The number of aryl methyl sites for hydroxylation is 1. The van der Waals surface area contributed by atoms with E-state index in [9.17, 15) is 14.8 Å². The molecule has 3 heterocycles. The molecule has 2 fully saturated rings. The van der Waals surface area contributed by atoms with Crippen molar-refractivity contribution in [3.05, 3.63) is 47.7 Å². The van der Waals surface area contributed by atoms with E-state index in [0.29, 0.717) is 31.3 Å². The van der Waals surface area contributed by atoms with Crippen molar-refractivity contribution in [2.75, 3.05) is 19.6 Å². The fourth-order valence-electron chi connectivity index (χ4n) is 4.32. The van der Waals surface area contributed by atoms with Crippen LogP contribution in [-0.2, 0) is 9.59 Å². The summed E-state index contributed by atoms with van der Waals surface area (Å²) in [5.74, 6) is -0.256. The van der Waals surface area contributed by atoms with Gasteiger partial charge in [0.25, 0.3) is 5.88 Å². The van der Waals surface area contributed by atoms with E-state index in [1.165, 1.54) is 5.56 Å². The van der Waals surface area contributed by atoms with Crippen LogP contribution in [0.25, 0.3) is 0 Å². The maximum atomic E-state index is 13.2. The molecule has 3 unspecified atom stereocenters. The lowest BCUT2D eigenvalue weighted by Gasteiger charge is -2.36. The molecule has 2 aliphatic rings. The Hall–Kier alpha value is -2.91. The van der Waals surface area contributed by atoms with E-state index in [0.717, 1.165) is 6.42 Å². The molecule has 4 rings (SSSR count). The average molecular weight is 414 g/mol. The molecule has 0 spiro atoms. The normalized spacial score (nSPS) is 26.4. The molecule has 2 amide bonds. The van der Waals surface area contributed by atoms with Crippen LogP contribution in [-0.4, -0.2) is 58.9 Å². The number of nitrogens with zero attached hydrogens (tertiary/aromatic N) is 2. The van der Waals surface area contributed by atoms with E-state index in [1.807, 2.05) is 18.2 Å². The van der Waals surface area contributed by atoms with Gasteiger partial charge < -0.3 is 19.5 Å². The van der Waals surface area contributed by atoms with Gasteiger partial charge in [-0.3, -0.25) is 14.8 Å². The van der Waals surface area contributed by atoms with Crippen molar-refractivity contribution in [3.63, 3.8) is 0 Å². The number of benzene rings is 1. The number of nitrogens with one attached hydrogen (secondary N) is 2. The van der Waals surface area contributed by atoms with Gasteiger partial charge in [-0.15, -0.1) is 0 Å². The standard InChI is InChI=1S/C21H26N4O5/c1-13-9-18(24-30-13)29-16-10-17(20(26)23-28)19(22-11-16)21(27)25-8-7-15(12-25)14-5-3-2-4-6-14/h2-6,9,15-17,19,22,28H,7-8,10-12H2,1H3,(H,23,26)/t15-,16?,17?,19?/m0/s1. The largest absolute Gasteiger partial charge is 0.471 e. The van der Waals surface area contributed by atoms with Gasteiger partial charge >= 0.3 is 0 Å². The lowest BCUT2D eigenvalue weighted by atomic mass is 9.87. The van der Waals surface area contributed by atoms with Crippen molar-refractivity contribution in [3.8, 4) is 5.88 Å². The Bertz CT molecular complexity index is 887. The van der Waals surface area contributed by atoms with Crippen LogP contribution >= 0.6 is 0 Å². The first kappa shape index (κ1) is 20.4. The quantitative estimate of drug-likeness (QED) is 0.498. The van der Waals surface area contributed by atoms with Crippen LogP contribution in [0, 0.1) is 12.8 Å². The highest BCUT2D eigenvalue weighted by Crippen LogP contribution is 2.29. The van der Waals surface area contributed by atoms with Crippen LogP contribution in [0.3, 0.4) is 0 Å². The molecule has 9 heteroatoms. The highest BCUT2D eigenvalue weighted by Gasteiger charge is 2.43. The lowest BCUT2D eigenvalue weighted by Crippen LogP contribution is -2.60. The average Bonchev–Trinajstić information content (AvgIpc) is 3.42. The first-order chi connectivity index (χ1) is 14.5.